The van der Waals surface area contributed by atoms with Crippen molar-refractivity contribution >= 4 is 64.1 Å². The van der Waals surface area contributed by atoms with Crippen molar-refractivity contribution in [2.24, 2.45) is 5.92 Å². The Hall–Kier alpha value is -1.01. The minimum absolute atomic E-state index is 0.0988. The molecule has 0 spiro atoms. The Labute approximate surface area is 151 Å². The number of fused-ring (bicyclic) bond motifs is 1. The Morgan fingerprint density at radius 2 is 1.43 bits per heavy atom. The number of halogens is 4. The maximum absolute atomic E-state index is 12.4. The Balaban J connectivity index is 1.86. The van der Waals surface area contributed by atoms with Gasteiger partial charge < -0.3 is 5.32 Å². The van der Waals surface area contributed by atoms with Crippen LogP contribution in [0.3, 0.4) is 0 Å². The van der Waals surface area contributed by atoms with Crippen LogP contribution in [0.5, 0.6) is 0 Å². The number of nitrogens with one attached hydrogen (secondary N) is 1. The standard InChI is InChI=1S/C14H10Cl4N2O3/c15-9-7-8(10(16)12(18)11(9)17)14(23)20(13(7)22)4-6(21)19-3-5-1-2-5/h5H,1-4H2,(H,19,21). The molecular formula is C14H10Cl4N2O3. The highest BCUT2D eigenvalue weighted by Gasteiger charge is 2.42. The van der Waals surface area contributed by atoms with E-state index in [2.05, 4.69) is 5.32 Å². The molecule has 1 aromatic rings. The summed E-state index contributed by atoms with van der Waals surface area (Å²) in [5.74, 6) is -1.35. The van der Waals surface area contributed by atoms with Gasteiger partial charge in [-0.05, 0) is 18.8 Å². The first-order chi connectivity index (χ1) is 10.8. The van der Waals surface area contributed by atoms with Crippen LogP contribution in [0.2, 0.25) is 20.1 Å². The van der Waals surface area contributed by atoms with E-state index < -0.39 is 24.3 Å². The van der Waals surface area contributed by atoms with Crippen LogP contribution in [0.15, 0.2) is 0 Å². The molecule has 1 aliphatic heterocycles. The van der Waals surface area contributed by atoms with Gasteiger partial charge in [-0.3, -0.25) is 19.3 Å². The number of amides is 3. The number of rotatable bonds is 4. The Kier molecular flexibility index (Phi) is 4.49. The van der Waals surface area contributed by atoms with Crippen molar-refractivity contribution in [3.05, 3.63) is 31.2 Å². The van der Waals surface area contributed by atoms with E-state index in [1.165, 1.54) is 0 Å². The average Bonchev–Trinajstić information content (AvgIpc) is 3.31. The van der Waals surface area contributed by atoms with Gasteiger partial charge in [0, 0.05) is 6.54 Å². The molecule has 1 aliphatic carbocycles. The van der Waals surface area contributed by atoms with Crippen LogP contribution in [0, 0.1) is 5.92 Å². The van der Waals surface area contributed by atoms with Crippen molar-refractivity contribution in [2.75, 3.05) is 13.1 Å². The predicted octanol–water partition coefficient (Wildman–Crippen LogP) is 3.42. The lowest BCUT2D eigenvalue weighted by Crippen LogP contribution is -2.40. The zero-order valence-corrected chi connectivity index (χ0v) is 14.6. The van der Waals surface area contributed by atoms with Gasteiger partial charge >= 0.3 is 0 Å². The van der Waals surface area contributed by atoms with E-state index in [1.54, 1.807) is 0 Å². The van der Waals surface area contributed by atoms with Gasteiger partial charge in [-0.1, -0.05) is 46.4 Å². The molecule has 1 N–H and O–H groups in total. The fourth-order valence-electron chi connectivity index (χ4n) is 2.32. The number of hydrogen-bond acceptors (Lipinski definition) is 3. The molecule has 2 aliphatic rings. The van der Waals surface area contributed by atoms with Crippen molar-refractivity contribution in [3.8, 4) is 0 Å². The lowest BCUT2D eigenvalue weighted by atomic mass is 10.1. The zero-order valence-electron chi connectivity index (χ0n) is 11.6. The Bertz CT molecular complexity index is 699. The second-order valence-electron chi connectivity index (χ2n) is 5.45. The molecule has 9 heteroatoms. The molecule has 5 nitrogen and oxygen atoms in total. The maximum atomic E-state index is 12.4. The fraction of sp³-hybridized carbons (Fsp3) is 0.357. The minimum atomic E-state index is -0.711. The van der Waals surface area contributed by atoms with Gasteiger partial charge in [0.05, 0.1) is 31.2 Å². The fourth-order valence-corrected chi connectivity index (χ4v) is 3.33. The van der Waals surface area contributed by atoms with Crippen LogP contribution in [0.1, 0.15) is 33.6 Å². The molecule has 1 aromatic carbocycles. The molecule has 3 rings (SSSR count). The van der Waals surface area contributed by atoms with Gasteiger partial charge in [-0.25, -0.2) is 0 Å². The van der Waals surface area contributed by atoms with E-state index in [9.17, 15) is 14.4 Å². The summed E-state index contributed by atoms with van der Waals surface area (Å²) in [5.41, 5.74) is -0.239. The van der Waals surface area contributed by atoms with Gasteiger partial charge in [0.25, 0.3) is 11.8 Å². The van der Waals surface area contributed by atoms with Crippen molar-refractivity contribution in [3.63, 3.8) is 0 Å². The molecule has 0 unspecified atom stereocenters. The van der Waals surface area contributed by atoms with Crippen LogP contribution in [0.25, 0.3) is 0 Å². The maximum Gasteiger partial charge on any atom is 0.263 e. The van der Waals surface area contributed by atoms with Crippen LogP contribution in [-0.2, 0) is 4.79 Å². The summed E-state index contributed by atoms with van der Waals surface area (Å²) < 4.78 is 0. The molecule has 0 bridgehead atoms. The lowest BCUT2D eigenvalue weighted by Gasteiger charge is -2.13. The molecule has 0 radical (unpaired) electrons. The van der Waals surface area contributed by atoms with Gasteiger partial charge in [-0.2, -0.15) is 0 Å². The van der Waals surface area contributed by atoms with E-state index >= 15 is 0 Å². The molecule has 0 saturated heterocycles. The average molecular weight is 396 g/mol. The monoisotopic (exact) mass is 394 g/mol. The summed E-state index contributed by atoms with van der Waals surface area (Å²) in [6.07, 6.45) is 2.16. The summed E-state index contributed by atoms with van der Waals surface area (Å²) in [6.45, 7) is 0.141. The summed E-state index contributed by atoms with van der Waals surface area (Å²) in [5, 5.41) is 2.20. The third-order valence-electron chi connectivity index (χ3n) is 3.77. The number of imide groups is 1. The number of carbonyl (C=O) groups excluding carboxylic acids is 3. The zero-order chi connectivity index (χ0) is 16.9. The molecule has 0 atom stereocenters. The number of hydrogen-bond donors (Lipinski definition) is 1. The molecule has 1 saturated carbocycles. The summed E-state index contributed by atoms with van der Waals surface area (Å²) in [7, 11) is 0. The lowest BCUT2D eigenvalue weighted by molar-refractivity contribution is -0.121. The summed E-state index contributed by atoms with van der Waals surface area (Å²) in [4.78, 5) is 37.5. The van der Waals surface area contributed by atoms with Crippen molar-refractivity contribution < 1.29 is 14.4 Å². The molecule has 23 heavy (non-hydrogen) atoms. The second kappa shape index (κ2) is 6.13. The number of nitrogens with zero attached hydrogens (tertiary/aromatic N) is 1. The third-order valence-corrected chi connectivity index (χ3v) is 5.57. The van der Waals surface area contributed by atoms with E-state index in [0.717, 1.165) is 17.7 Å². The van der Waals surface area contributed by atoms with Gasteiger partial charge in [0.1, 0.15) is 6.54 Å². The van der Waals surface area contributed by atoms with Gasteiger partial charge in [0.15, 0.2) is 0 Å². The number of benzene rings is 1. The number of carbonyl (C=O) groups is 3. The highest BCUT2D eigenvalue weighted by molar-refractivity contribution is 6.55. The smallest absolute Gasteiger partial charge is 0.263 e. The first kappa shape index (κ1) is 16.8. The molecular weight excluding hydrogens is 386 g/mol. The highest BCUT2D eigenvalue weighted by Crippen LogP contribution is 2.44. The normalized spacial score (nSPS) is 16.8. The van der Waals surface area contributed by atoms with Gasteiger partial charge in [0.2, 0.25) is 5.91 Å². The van der Waals surface area contributed by atoms with E-state index in [1.807, 2.05) is 0 Å². The molecule has 1 heterocycles. The van der Waals surface area contributed by atoms with Crippen LogP contribution in [-0.4, -0.2) is 35.7 Å². The quantitative estimate of drug-likeness (QED) is 0.482. The first-order valence-corrected chi connectivity index (χ1v) is 8.33. The predicted molar refractivity (Wildman–Crippen MR) is 87.6 cm³/mol. The first-order valence-electron chi connectivity index (χ1n) is 6.81. The van der Waals surface area contributed by atoms with Crippen molar-refractivity contribution in [1.29, 1.82) is 0 Å². The molecule has 3 amide bonds. The van der Waals surface area contributed by atoms with E-state index in [4.69, 9.17) is 46.4 Å². The minimum Gasteiger partial charge on any atom is -0.354 e. The summed E-state index contributed by atoms with van der Waals surface area (Å²) >= 11 is 23.9. The Morgan fingerprint density at radius 3 is 1.87 bits per heavy atom. The van der Waals surface area contributed by atoms with E-state index in [-0.39, 0.29) is 31.2 Å². The summed E-state index contributed by atoms with van der Waals surface area (Å²) in [6, 6.07) is 0. The van der Waals surface area contributed by atoms with E-state index in [0.29, 0.717) is 12.5 Å². The van der Waals surface area contributed by atoms with Crippen molar-refractivity contribution in [2.45, 2.75) is 12.8 Å². The second-order valence-corrected chi connectivity index (χ2v) is 6.96. The SMILES string of the molecule is O=C(CN1C(=O)c2c(Cl)c(Cl)c(Cl)c(Cl)c2C1=O)NCC1CC1. The molecule has 122 valence electrons. The Morgan fingerprint density at radius 1 is 0.957 bits per heavy atom. The van der Waals surface area contributed by atoms with Crippen LogP contribution >= 0.6 is 46.4 Å². The third kappa shape index (κ3) is 2.91. The van der Waals surface area contributed by atoms with Gasteiger partial charge in [-0.15, -0.1) is 0 Å². The van der Waals surface area contributed by atoms with Crippen molar-refractivity contribution in [1.82, 2.24) is 10.2 Å². The largest absolute Gasteiger partial charge is 0.354 e. The van der Waals surface area contributed by atoms with Crippen LogP contribution < -0.4 is 5.32 Å². The molecule has 0 aromatic heterocycles. The highest BCUT2D eigenvalue weighted by atomic mass is 35.5. The molecule has 1 fully saturated rings. The van der Waals surface area contributed by atoms with Crippen LogP contribution in [0.4, 0.5) is 0 Å². The topological polar surface area (TPSA) is 66.5 Å².